The van der Waals surface area contributed by atoms with Crippen LogP contribution in [0.3, 0.4) is 0 Å². The van der Waals surface area contributed by atoms with Crippen LogP contribution in [0.15, 0.2) is 77.7 Å². The highest BCUT2D eigenvalue weighted by Gasteiger charge is 2.35. The van der Waals surface area contributed by atoms with Crippen molar-refractivity contribution in [1.82, 2.24) is 4.90 Å². The van der Waals surface area contributed by atoms with Crippen LogP contribution in [0.2, 0.25) is 0 Å². The second-order valence-electron chi connectivity index (χ2n) is 7.58. The van der Waals surface area contributed by atoms with Gasteiger partial charge in [-0.1, -0.05) is 48.5 Å². The van der Waals surface area contributed by atoms with Crippen molar-refractivity contribution in [1.29, 1.82) is 0 Å². The molecule has 3 aromatic rings. The van der Waals surface area contributed by atoms with Crippen molar-refractivity contribution >= 4 is 40.6 Å². The van der Waals surface area contributed by atoms with Crippen LogP contribution in [0.1, 0.15) is 16.7 Å². The normalized spacial score (nSPS) is 14.5. The van der Waals surface area contributed by atoms with Gasteiger partial charge >= 0.3 is 0 Å². The summed E-state index contributed by atoms with van der Waals surface area (Å²) in [6, 6.07) is 20.3. The zero-order chi connectivity index (χ0) is 24.1. The number of aryl methyl sites for hydroxylation is 1. The zero-order valence-corrected chi connectivity index (χ0v) is 19.1. The first-order chi connectivity index (χ1) is 16.4. The molecular formula is C26H21FN2O4S. The zero-order valence-electron chi connectivity index (χ0n) is 18.3. The van der Waals surface area contributed by atoms with Gasteiger partial charge in [-0.05, 0) is 60.2 Å². The minimum absolute atomic E-state index is 0.119. The van der Waals surface area contributed by atoms with E-state index in [4.69, 9.17) is 4.74 Å². The Kier molecular flexibility index (Phi) is 7.08. The van der Waals surface area contributed by atoms with Crippen molar-refractivity contribution < 1.29 is 23.5 Å². The van der Waals surface area contributed by atoms with E-state index >= 15 is 0 Å². The molecule has 6 nitrogen and oxygen atoms in total. The van der Waals surface area contributed by atoms with E-state index in [2.05, 4.69) is 5.32 Å². The van der Waals surface area contributed by atoms with E-state index < -0.39 is 17.0 Å². The summed E-state index contributed by atoms with van der Waals surface area (Å²) < 4.78 is 19.4. The molecule has 3 aromatic carbocycles. The number of nitrogens with one attached hydrogen (secondary N) is 1. The summed E-state index contributed by atoms with van der Waals surface area (Å²) in [5, 5.41) is 2.35. The monoisotopic (exact) mass is 476 g/mol. The van der Waals surface area contributed by atoms with E-state index in [0.29, 0.717) is 11.3 Å². The number of hydrogen-bond acceptors (Lipinski definition) is 5. The van der Waals surface area contributed by atoms with E-state index in [1.807, 2.05) is 31.2 Å². The fourth-order valence-electron chi connectivity index (χ4n) is 3.29. The number of carbonyl (C=O) groups is 3. The van der Waals surface area contributed by atoms with Gasteiger partial charge < -0.3 is 10.1 Å². The lowest BCUT2D eigenvalue weighted by Gasteiger charge is -2.12. The number of imide groups is 1. The Morgan fingerprint density at radius 1 is 1.03 bits per heavy atom. The Morgan fingerprint density at radius 2 is 1.74 bits per heavy atom. The molecule has 0 unspecified atom stereocenters. The highest BCUT2D eigenvalue weighted by Crippen LogP contribution is 2.33. The maximum atomic E-state index is 13.9. The predicted octanol–water partition coefficient (Wildman–Crippen LogP) is 5.39. The van der Waals surface area contributed by atoms with E-state index in [0.717, 1.165) is 27.9 Å². The molecule has 172 valence electrons. The Bertz CT molecular complexity index is 1270. The predicted molar refractivity (Wildman–Crippen MR) is 130 cm³/mol. The van der Waals surface area contributed by atoms with Crippen molar-refractivity contribution in [2.24, 2.45) is 0 Å². The summed E-state index contributed by atoms with van der Waals surface area (Å²) in [6.45, 7) is 1.64. The third-order valence-corrected chi connectivity index (χ3v) is 6.03. The maximum absolute atomic E-state index is 13.9. The Hall–Kier alpha value is -3.91. The van der Waals surface area contributed by atoms with Gasteiger partial charge in [-0.3, -0.25) is 19.3 Å². The van der Waals surface area contributed by atoms with Crippen LogP contribution >= 0.6 is 11.8 Å². The molecule has 1 heterocycles. The molecule has 1 aliphatic rings. The minimum Gasteiger partial charge on any atom is -0.484 e. The summed E-state index contributed by atoms with van der Waals surface area (Å²) in [7, 11) is 0. The largest absolute Gasteiger partial charge is 0.484 e. The minimum atomic E-state index is -0.466. The number of hydrogen-bond donors (Lipinski definition) is 1. The van der Waals surface area contributed by atoms with Gasteiger partial charge in [0.05, 0.1) is 11.4 Å². The molecule has 0 aromatic heterocycles. The first kappa shape index (κ1) is 23.3. The number of para-hydroxylation sites is 1. The molecule has 0 bridgehead atoms. The lowest BCUT2D eigenvalue weighted by Crippen LogP contribution is -2.27. The molecule has 1 N–H and O–H groups in total. The van der Waals surface area contributed by atoms with E-state index in [1.165, 1.54) is 6.07 Å². The fourth-order valence-corrected chi connectivity index (χ4v) is 4.13. The van der Waals surface area contributed by atoms with Crippen LogP contribution in [0.25, 0.3) is 6.08 Å². The van der Waals surface area contributed by atoms with E-state index in [9.17, 15) is 18.8 Å². The Morgan fingerprint density at radius 3 is 2.47 bits per heavy atom. The van der Waals surface area contributed by atoms with Crippen LogP contribution < -0.4 is 10.1 Å². The standard InChI is InChI=1S/C26H21FN2O4S/c1-17-6-2-5-9-22(17)28-24(30)16-33-20-12-10-18(11-13-20)14-23-25(31)29(26(32)34-23)15-19-7-3-4-8-21(19)27/h2-14H,15-16H2,1H3,(H,28,30)/b23-14-. The lowest BCUT2D eigenvalue weighted by molar-refractivity contribution is -0.123. The maximum Gasteiger partial charge on any atom is 0.293 e. The smallest absolute Gasteiger partial charge is 0.293 e. The van der Waals surface area contributed by atoms with Gasteiger partial charge in [-0.25, -0.2) is 4.39 Å². The summed E-state index contributed by atoms with van der Waals surface area (Å²) in [6.07, 6.45) is 1.60. The van der Waals surface area contributed by atoms with E-state index in [1.54, 1.807) is 48.5 Å². The molecule has 0 radical (unpaired) electrons. The number of nitrogens with zero attached hydrogens (tertiary/aromatic N) is 1. The number of carbonyl (C=O) groups excluding carboxylic acids is 3. The molecule has 1 aliphatic heterocycles. The molecule has 1 saturated heterocycles. The van der Waals surface area contributed by atoms with E-state index in [-0.39, 0.29) is 29.5 Å². The summed E-state index contributed by atoms with van der Waals surface area (Å²) in [5.41, 5.74) is 2.65. The molecule has 0 aliphatic carbocycles. The highest BCUT2D eigenvalue weighted by atomic mass is 32.2. The summed E-state index contributed by atoms with van der Waals surface area (Å²) >= 11 is 0.814. The van der Waals surface area contributed by atoms with Crippen molar-refractivity contribution in [2.45, 2.75) is 13.5 Å². The molecule has 0 atom stereocenters. The van der Waals surface area contributed by atoms with Crippen LogP contribution in [0.5, 0.6) is 5.75 Å². The van der Waals surface area contributed by atoms with Crippen molar-refractivity contribution in [3.63, 3.8) is 0 Å². The van der Waals surface area contributed by atoms with Crippen molar-refractivity contribution in [3.05, 3.63) is 100 Å². The van der Waals surface area contributed by atoms with Gasteiger partial charge in [0.2, 0.25) is 0 Å². The number of benzene rings is 3. The third-order valence-electron chi connectivity index (χ3n) is 5.13. The van der Waals surface area contributed by atoms with Gasteiger partial charge in [-0.15, -0.1) is 0 Å². The van der Waals surface area contributed by atoms with Gasteiger partial charge in [0.25, 0.3) is 17.1 Å². The quantitative estimate of drug-likeness (QED) is 0.463. The van der Waals surface area contributed by atoms with Crippen LogP contribution in [0, 0.1) is 12.7 Å². The molecular weight excluding hydrogens is 455 g/mol. The lowest BCUT2D eigenvalue weighted by atomic mass is 10.2. The number of anilines is 1. The third kappa shape index (κ3) is 5.52. The molecule has 0 saturated carbocycles. The molecule has 8 heteroatoms. The van der Waals surface area contributed by atoms with Gasteiger partial charge in [0.15, 0.2) is 6.61 Å². The first-order valence-corrected chi connectivity index (χ1v) is 11.3. The number of ether oxygens (including phenoxy) is 1. The Balaban J connectivity index is 1.35. The van der Waals surface area contributed by atoms with Crippen molar-refractivity contribution in [2.75, 3.05) is 11.9 Å². The first-order valence-electron chi connectivity index (χ1n) is 10.5. The number of halogens is 1. The molecule has 34 heavy (non-hydrogen) atoms. The number of thioether (sulfide) groups is 1. The van der Waals surface area contributed by atoms with Crippen molar-refractivity contribution in [3.8, 4) is 5.75 Å². The Labute approximate surface area is 200 Å². The fraction of sp³-hybridized carbons (Fsp3) is 0.115. The van der Waals surface area contributed by atoms with Gasteiger partial charge in [-0.2, -0.15) is 0 Å². The average molecular weight is 477 g/mol. The van der Waals surface area contributed by atoms with Crippen LogP contribution in [-0.2, 0) is 16.1 Å². The average Bonchev–Trinajstić information content (AvgIpc) is 3.09. The molecule has 4 rings (SSSR count). The topological polar surface area (TPSA) is 75.7 Å². The second-order valence-corrected chi connectivity index (χ2v) is 8.57. The highest BCUT2D eigenvalue weighted by molar-refractivity contribution is 8.18. The second kappa shape index (κ2) is 10.4. The molecule has 0 spiro atoms. The van der Waals surface area contributed by atoms with Crippen LogP contribution in [0.4, 0.5) is 14.9 Å². The number of rotatable bonds is 7. The molecule has 3 amide bonds. The number of amides is 3. The summed E-state index contributed by atoms with van der Waals surface area (Å²) in [5.74, 6) is -0.716. The van der Waals surface area contributed by atoms with Gasteiger partial charge in [0, 0.05) is 11.3 Å². The molecule has 1 fully saturated rings. The SMILES string of the molecule is Cc1ccccc1NC(=O)COc1ccc(/C=C2\SC(=O)N(Cc3ccccc3F)C2=O)cc1. The van der Waals surface area contributed by atoms with Crippen LogP contribution in [-0.4, -0.2) is 28.6 Å². The summed E-state index contributed by atoms with van der Waals surface area (Å²) in [4.78, 5) is 38.4. The van der Waals surface area contributed by atoms with Gasteiger partial charge in [0.1, 0.15) is 11.6 Å².